The molecule has 1 aliphatic heterocycles. The molecule has 148 valence electrons. The highest BCUT2D eigenvalue weighted by Crippen LogP contribution is 2.44. The molecule has 6 nitrogen and oxygen atoms in total. The van der Waals surface area contributed by atoms with E-state index in [0.29, 0.717) is 27.0 Å². The third kappa shape index (κ3) is 2.91. The highest BCUT2D eigenvalue weighted by atomic mass is 35.5. The molecule has 4 aromatic rings. The molecule has 0 spiro atoms. The molecule has 1 saturated heterocycles. The summed E-state index contributed by atoms with van der Waals surface area (Å²) in [5.74, 6) is -1.49. The predicted molar refractivity (Wildman–Crippen MR) is 115 cm³/mol. The van der Waals surface area contributed by atoms with Crippen LogP contribution in [-0.4, -0.2) is 21.8 Å². The molecule has 1 N–H and O–H groups in total. The Morgan fingerprint density at radius 1 is 1.10 bits per heavy atom. The fourth-order valence-corrected chi connectivity index (χ4v) is 4.75. The van der Waals surface area contributed by atoms with Crippen molar-refractivity contribution in [3.8, 4) is 0 Å². The second kappa shape index (κ2) is 7.12. The number of benzene rings is 2. The molecule has 1 aliphatic rings. The molecule has 3 heterocycles. The maximum absolute atomic E-state index is 13.0. The van der Waals surface area contributed by atoms with Crippen molar-refractivity contribution in [1.82, 2.24) is 4.98 Å². The maximum atomic E-state index is 13.0. The van der Waals surface area contributed by atoms with E-state index in [1.165, 1.54) is 22.5 Å². The van der Waals surface area contributed by atoms with Crippen molar-refractivity contribution < 1.29 is 19.1 Å². The van der Waals surface area contributed by atoms with Gasteiger partial charge in [0.05, 0.1) is 22.1 Å². The van der Waals surface area contributed by atoms with Gasteiger partial charge in [0.1, 0.15) is 17.6 Å². The number of carbonyl (C=O) groups is 2. The minimum atomic E-state index is -0.934. The zero-order valence-electron chi connectivity index (χ0n) is 15.3. The molecule has 30 heavy (non-hydrogen) atoms. The second-order valence-electron chi connectivity index (χ2n) is 6.66. The Bertz CT molecular complexity index is 1310. The summed E-state index contributed by atoms with van der Waals surface area (Å²) in [7, 11) is 0. The van der Waals surface area contributed by atoms with Gasteiger partial charge in [-0.15, -0.1) is 0 Å². The number of anilines is 1. The topological polar surface area (TPSA) is 83.6 Å². The van der Waals surface area contributed by atoms with Gasteiger partial charge >= 0.3 is 5.91 Å². The van der Waals surface area contributed by atoms with E-state index in [0.717, 1.165) is 4.70 Å². The molecular weight excluding hydrogens is 424 g/mol. The average molecular weight is 437 g/mol. The van der Waals surface area contributed by atoms with Crippen molar-refractivity contribution in [2.75, 3.05) is 4.90 Å². The molecule has 1 atom stereocenters. The SMILES string of the molecule is O=C1C(=O)N(c2nc3ccc(Cl)cc3s2)C(c2ccco2)C1=C(O)c1ccccc1. The van der Waals surface area contributed by atoms with Crippen LogP contribution in [0, 0.1) is 0 Å². The van der Waals surface area contributed by atoms with Crippen LogP contribution in [0.15, 0.2) is 76.9 Å². The number of aliphatic hydroxyl groups is 1. The molecule has 0 saturated carbocycles. The van der Waals surface area contributed by atoms with Gasteiger partial charge in [0.15, 0.2) is 5.13 Å². The summed E-state index contributed by atoms with van der Waals surface area (Å²) in [5.41, 5.74) is 1.05. The van der Waals surface area contributed by atoms with Crippen LogP contribution in [0.25, 0.3) is 16.0 Å². The second-order valence-corrected chi connectivity index (χ2v) is 8.10. The Kier molecular flexibility index (Phi) is 4.42. The van der Waals surface area contributed by atoms with Gasteiger partial charge in [-0.1, -0.05) is 53.3 Å². The molecule has 0 radical (unpaired) electrons. The van der Waals surface area contributed by atoms with Gasteiger partial charge in [-0.2, -0.15) is 0 Å². The lowest BCUT2D eigenvalue weighted by Gasteiger charge is -2.20. The van der Waals surface area contributed by atoms with Gasteiger partial charge in [-0.05, 0) is 30.3 Å². The summed E-state index contributed by atoms with van der Waals surface area (Å²) in [6.07, 6.45) is 1.45. The first-order chi connectivity index (χ1) is 14.5. The number of carbonyl (C=O) groups excluding carboxylic acids is 2. The standard InChI is InChI=1S/C22H13ClN2O4S/c23-13-8-9-14-16(11-13)30-22(24-14)25-18(15-7-4-10-29-15)17(20(27)21(25)28)19(26)12-5-2-1-3-6-12/h1-11,18,26H. The normalized spacial score (nSPS) is 18.4. The average Bonchev–Trinajstić information content (AvgIpc) is 3.47. The molecule has 2 aromatic heterocycles. The van der Waals surface area contributed by atoms with Crippen molar-refractivity contribution in [3.63, 3.8) is 0 Å². The van der Waals surface area contributed by atoms with Gasteiger partial charge in [0.25, 0.3) is 5.78 Å². The van der Waals surface area contributed by atoms with E-state index < -0.39 is 17.7 Å². The fraction of sp³-hybridized carbons (Fsp3) is 0.0455. The predicted octanol–water partition coefficient (Wildman–Crippen LogP) is 5.17. The zero-order chi connectivity index (χ0) is 20.8. The lowest BCUT2D eigenvalue weighted by atomic mass is 9.99. The van der Waals surface area contributed by atoms with Crippen molar-refractivity contribution in [3.05, 3.63) is 88.8 Å². The number of furan rings is 1. The number of aliphatic hydroxyl groups excluding tert-OH is 1. The quantitative estimate of drug-likeness (QED) is 0.272. The zero-order valence-corrected chi connectivity index (χ0v) is 16.9. The number of hydrogen-bond donors (Lipinski definition) is 1. The number of fused-ring (bicyclic) bond motifs is 1. The fourth-order valence-electron chi connectivity index (χ4n) is 3.49. The molecule has 1 fully saturated rings. The van der Waals surface area contributed by atoms with E-state index in [-0.39, 0.29) is 11.3 Å². The molecular formula is C22H13ClN2O4S. The minimum Gasteiger partial charge on any atom is -0.507 e. The Labute approximate surface area is 179 Å². The molecule has 0 bridgehead atoms. The number of rotatable bonds is 3. The van der Waals surface area contributed by atoms with Crippen LogP contribution >= 0.6 is 22.9 Å². The molecule has 2 aromatic carbocycles. The van der Waals surface area contributed by atoms with Crippen molar-refractivity contribution in [2.45, 2.75) is 6.04 Å². The van der Waals surface area contributed by atoms with Crippen molar-refractivity contribution in [1.29, 1.82) is 0 Å². The number of Topliss-reactive ketones (excluding diaryl/α,β-unsaturated/α-hetero) is 1. The van der Waals surface area contributed by atoms with Crippen LogP contribution < -0.4 is 4.90 Å². The summed E-state index contributed by atoms with van der Waals surface area (Å²) in [5, 5.41) is 11.8. The van der Waals surface area contributed by atoms with E-state index >= 15 is 0 Å². The number of halogens is 1. The van der Waals surface area contributed by atoms with Crippen LogP contribution in [0.2, 0.25) is 5.02 Å². The third-order valence-corrected chi connectivity index (χ3v) is 6.10. The Morgan fingerprint density at radius 3 is 2.63 bits per heavy atom. The summed E-state index contributed by atoms with van der Waals surface area (Å²) < 4.78 is 6.32. The first-order valence-electron chi connectivity index (χ1n) is 9.00. The Balaban J connectivity index is 1.72. The number of nitrogens with zero attached hydrogens (tertiary/aromatic N) is 2. The van der Waals surface area contributed by atoms with E-state index in [2.05, 4.69) is 4.98 Å². The monoisotopic (exact) mass is 436 g/mol. The van der Waals surface area contributed by atoms with Gasteiger partial charge in [-0.25, -0.2) is 4.98 Å². The van der Waals surface area contributed by atoms with Crippen LogP contribution in [0.1, 0.15) is 17.4 Å². The number of amides is 1. The lowest BCUT2D eigenvalue weighted by molar-refractivity contribution is -0.132. The van der Waals surface area contributed by atoms with E-state index in [4.69, 9.17) is 16.0 Å². The largest absolute Gasteiger partial charge is 0.507 e. The van der Waals surface area contributed by atoms with Crippen LogP contribution in [0.4, 0.5) is 5.13 Å². The Hall–Kier alpha value is -3.42. The molecule has 5 rings (SSSR count). The van der Waals surface area contributed by atoms with Gasteiger partial charge < -0.3 is 9.52 Å². The van der Waals surface area contributed by atoms with E-state index in [1.54, 1.807) is 60.7 Å². The first kappa shape index (κ1) is 18.6. The summed E-state index contributed by atoms with van der Waals surface area (Å²) in [4.78, 5) is 31.8. The molecule has 8 heteroatoms. The smallest absolute Gasteiger partial charge is 0.302 e. The Morgan fingerprint density at radius 2 is 1.90 bits per heavy atom. The van der Waals surface area contributed by atoms with Crippen LogP contribution in [0.5, 0.6) is 0 Å². The molecule has 1 amide bonds. The van der Waals surface area contributed by atoms with Crippen molar-refractivity contribution >= 4 is 55.7 Å². The maximum Gasteiger partial charge on any atom is 0.302 e. The lowest BCUT2D eigenvalue weighted by Crippen LogP contribution is -2.29. The highest BCUT2D eigenvalue weighted by molar-refractivity contribution is 7.22. The van der Waals surface area contributed by atoms with Gasteiger partial charge in [0.2, 0.25) is 0 Å². The van der Waals surface area contributed by atoms with Crippen LogP contribution in [0.3, 0.4) is 0 Å². The van der Waals surface area contributed by atoms with Gasteiger partial charge in [0, 0.05) is 10.6 Å². The minimum absolute atomic E-state index is 0.0431. The third-order valence-electron chi connectivity index (χ3n) is 4.85. The van der Waals surface area contributed by atoms with E-state index in [9.17, 15) is 14.7 Å². The van der Waals surface area contributed by atoms with Crippen molar-refractivity contribution in [2.24, 2.45) is 0 Å². The number of ketones is 1. The first-order valence-corrected chi connectivity index (χ1v) is 10.2. The number of hydrogen-bond acceptors (Lipinski definition) is 6. The summed E-state index contributed by atoms with van der Waals surface area (Å²) in [6.45, 7) is 0. The van der Waals surface area contributed by atoms with E-state index in [1.807, 2.05) is 0 Å². The molecule has 1 unspecified atom stereocenters. The number of aromatic nitrogens is 1. The number of thiazole rings is 1. The highest BCUT2D eigenvalue weighted by Gasteiger charge is 2.49. The van der Waals surface area contributed by atoms with Gasteiger partial charge in [-0.3, -0.25) is 14.5 Å². The summed E-state index contributed by atoms with van der Waals surface area (Å²) >= 11 is 7.31. The summed E-state index contributed by atoms with van der Waals surface area (Å²) in [6, 6.07) is 16.2. The van der Waals surface area contributed by atoms with Crippen LogP contribution in [-0.2, 0) is 9.59 Å². The molecule has 0 aliphatic carbocycles.